The van der Waals surface area contributed by atoms with Gasteiger partial charge >= 0.3 is 5.69 Å². The van der Waals surface area contributed by atoms with Crippen LogP contribution in [0.5, 0.6) is 5.75 Å². The first-order chi connectivity index (χ1) is 8.95. The van der Waals surface area contributed by atoms with Gasteiger partial charge in [0, 0.05) is 17.7 Å². The van der Waals surface area contributed by atoms with Crippen molar-refractivity contribution in [3.05, 3.63) is 33.9 Å². The standard InChI is InChI=1S/C13H17N3O3/c1-3-13(15,4-2)9-19-12-7-10(8-14)5-6-11(12)16(17)18/h5-7H,3-4,9,15H2,1-2H3. The SMILES string of the molecule is CCC(N)(CC)COc1cc(C#N)ccc1[N+](=O)[O-]. The number of nitro benzene ring substituents is 1. The lowest BCUT2D eigenvalue weighted by Crippen LogP contribution is -2.44. The molecule has 6 nitrogen and oxygen atoms in total. The highest BCUT2D eigenvalue weighted by molar-refractivity contribution is 5.51. The molecule has 0 fully saturated rings. The Morgan fingerprint density at radius 3 is 2.58 bits per heavy atom. The minimum Gasteiger partial charge on any atom is -0.485 e. The van der Waals surface area contributed by atoms with Crippen molar-refractivity contribution in [3.8, 4) is 11.8 Å². The second-order valence-electron chi connectivity index (χ2n) is 4.41. The zero-order valence-corrected chi connectivity index (χ0v) is 11.0. The van der Waals surface area contributed by atoms with E-state index in [1.807, 2.05) is 19.9 Å². The maximum Gasteiger partial charge on any atom is 0.311 e. The van der Waals surface area contributed by atoms with Gasteiger partial charge in [-0.2, -0.15) is 5.26 Å². The molecule has 102 valence electrons. The Kier molecular flexibility index (Phi) is 4.84. The molecule has 6 heteroatoms. The van der Waals surface area contributed by atoms with Crippen LogP contribution in [0.25, 0.3) is 0 Å². The number of nitrogens with two attached hydrogens (primary N) is 1. The topological polar surface area (TPSA) is 102 Å². The largest absolute Gasteiger partial charge is 0.485 e. The molecule has 0 saturated heterocycles. The zero-order valence-electron chi connectivity index (χ0n) is 11.0. The van der Waals surface area contributed by atoms with Crippen molar-refractivity contribution < 1.29 is 9.66 Å². The first-order valence-corrected chi connectivity index (χ1v) is 6.06. The summed E-state index contributed by atoms with van der Waals surface area (Å²) in [5.74, 6) is 0.0841. The summed E-state index contributed by atoms with van der Waals surface area (Å²) in [4.78, 5) is 10.4. The number of nitro groups is 1. The lowest BCUT2D eigenvalue weighted by molar-refractivity contribution is -0.385. The normalized spacial score (nSPS) is 10.8. The Morgan fingerprint density at radius 1 is 1.47 bits per heavy atom. The van der Waals surface area contributed by atoms with E-state index in [1.54, 1.807) is 0 Å². The second-order valence-corrected chi connectivity index (χ2v) is 4.41. The minimum absolute atomic E-state index is 0.0841. The molecule has 0 aromatic heterocycles. The summed E-state index contributed by atoms with van der Waals surface area (Å²) >= 11 is 0. The predicted octanol–water partition coefficient (Wildman–Crippen LogP) is 2.36. The molecule has 0 heterocycles. The van der Waals surface area contributed by atoms with Crippen LogP contribution in [0.2, 0.25) is 0 Å². The Morgan fingerprint density at radius 2 is 2.11 bits per heavy atom. The molecule has 0 atom stereocenters. The van der Waals surface area contributed by atoms with Gasteiger partial charge in [-0.1, -0.05) is 13.8 Å². The monoisotopic (exact) mass is 263 g/mol. The molecule has 0 aliphatic rings. The van der Waals surface area contributed by atoms with Crippen molar-refractivity contribution in [1.29, 1.82) is 5.26 Å². The van der Waals surface area contributed by atoms with Crippen molar-refractivity contribution in [1.82, 2.24) is 0 Å². The van der Waals surface area contributed by atoms with Crippen LogP contribution in [-0.4, -0.2) is 17.1 Å². The number of nitriles is 1. The molecule has 0 unspecified atom stereocenters. The summed E-state index contributed by atoms with van der Waals surface area (Å²) in [5, 5.41) is 19.7. The fourth-order valence-electron chi connectivity index (χ4n) is 1.53. The van der Waals surface area contributed by atoms with E-state index in [4.69, 9.17) is 15.7 Å². The van der Waals surface area contributed by atoms with Crippen LogP contribution in [0, 0.1) is 21.4 Å². The van der Waals surface area contributed by atoms with Gasteiger partial charge in [-0.25, -0.2) is 0 Å². The number of benzene rings is 1. The molecule has 0 radical (unpaired) electrons. The molecule has 0 aliphatic heterocycles. The summed E-state index contributed by atoms with van der Waals surface area (Å²) in [7, 11) is 0. The Labute approximate surface area is 111 Å². The van der Waals surface area contributed by atoms with Gasteiger partial charge in [0.05, 0.1) is 16.6 Å². The fourth-order valence-corrected chi connectivity index (χ4v) is 1.53. The Bertz CT molecular complexity index is 504. The molecule has 19 heavy (non-hydrogen) atoms. The third-order valence-electron chi connectivity index (χ3n) is 3.21. The molecule has 2 N–H and O–H groups in total. The van der Waals surface area contributed by atoms with Crippen LogP contribution in [-0.2, 0) is 0 Å². The summed E-state index contributed by atoms with van der Waals surface area (Å²) < 4.78 is 5.47. The molecule has 0 spiro atoms. The lowest BCUT2D eigenvalue weighted by atomic mass is 9.96. The van der Waals surface area contributed by atoms with E-state index in [0.717, 1.165) is 0 Å². The van der Waals surface area contributed by atoms with E-state index in [9.17, 15) is 10.1 Å². The maximum absolute atomic E-state index is 10.9. The van der Waals surface area contributed by atoms with Gasteiger partial charge in [0.25, 0.3) is 0 Å². The van der Waals surface area contributed by atoms with Crippen molar-refractivity contribution in [2.45, 2.75) is 32.2 Å². The van der Waals surface area contributed by atoms with Gasteiger partial charge in [-0.05, 0) is 18.9 Å². The van der Waals surface area contributed by atoms with Gasteiger partial charge in [-0.3, -0.25) is 10.1 Å². The summed E-state index contributed by atoms with van der Waals surface area (Å²) in [6.07, 6.45) is 1.41. The first-order valence-electron chi connectivity index (χ1n) is 6.06. The van der Waals surface area contributed by atoms with Gasteiger partial charge in [0.15, 0.2) is 5.75 Å². The molecule has 0 aliphatic carbocycles. The fraction of sp³-hybridized carbons (Fsp3) is 0.462. The van der Waals surface area contributed by atoms with Gasteiger partial charge < -0.3 is 10.5 Å². The van der Waals surface area contributed by atoms with E-state index in [1.165, 1.54) is 18.2 Å². The number of rotatable bonds is 6. The van der Waals surface area contributed by atoms with E-state index in [0.29, 0.717) is 18.4 Å². The number of ether oxygens (including phenoxy) is 1. The average Bonchev–Trinajstić information content (AvgIpc) is 2.44. The number of hydrogen-bond donors (Lipinski definition) is 1. The van der Waals surface area contributed by atoms with Crippen molar-refractivity contribution in [2.75, 3.05) is 6.61 Å². The molecule has 1 aromatic rings. The number of hydrogen-bond acceptors (Lipinski definition) is 5. The van der Waals surface area contributed by atoms with Gasteiger partial charge in [0.2, 0.25) is 0 Å². The van der Waals surface area contributed by atoms with E-state index < -0.39 is 10.5 Å². The maximum atomic E-state index is 10.9. The molecule has 0 saturated carbocycles. The lowest BCUT2D eigenvalue weighted by Gasteiger charge is -2.26. The number of nitrogens with zero attached hydrogens (tertiary/aromatic N) is 2. The van der Waals surface area contributed by atoms with Crippen LogP contribution in [0.4, 0.5) is 5.69 Å². The van der Waals surface area contributed by atoms with Crippen molar-refractivity contribution in [2.24, 2.45) is 5.73 Å². The summed E-state index contributed by atoms with van der Waals surface area (Å²) in [6.45, 7) is 4.05. The molecule has 0 amide bonds. The van der Waals surface area contributed by atoms with E-state index >= 15 is 0 Å². The van der Waals surface area contributed by atoms with Crippen LogP contribution < -0.4 is 10.5 Å². The van der Waals surface area contributed by atoms with Crippen LogP contribution >= 0.6 is 0 Å². The van der Waals surface area contributed by atoms with Crippen molar-refractivity contribution in [3.63, 3.8) is 0 Å². The van der Waals surface area contributed by atoms with Crippen molar-refractivity contribution >= 4 is 5.69 Å². The molecule has 1 rings (SSSR count). The first kappa shape index (κ1) is 14.9. The summed E-state index contributed by atoms with van der Waals surface area (Å²) in [6, 6.07) is 5.95. The third-order valence-corrected chi connectivity index (χ3v) is 3.21. The van der Waals surface area contributed by atoms with Gasteiger partial charge in [-0.15, -0.1) is 0 Å². The predicted molar refractivity (Wildman–Crippen MR) is 70.8 cm³/mol. The second kappa shape index (κ2) is 6.16. The molecule has 0 bridgehead atoms. The molecular weight excluding hydrogens is 246 g/mol. The van der Waals surface area contributed by atoms with Crippen LogP contribution in [0.1, 0.15) is 32.3 Å². The molecule has 1 aromatic carbocycles. The smallest absolute Gasteiger partial charge is 0.311 e. The average molecular weight is 263 g/mol. The van der Waals surface area contributed by atoms with E-state index in [2.05, 4.69) is 0 Å². The molecular formula is C13H17N3O3. The van der Waals surface area contributed by atoms with Crippen LogP contribution in [0.3, 0.4) is 0 Å². The zero-order chi connectivity index (χ0) is 14.5. The Balaban J connectivity index is 2.99. The van der Waals surface area contributed by atoms with Crippen LogP contribution in [0.15, 0.2) is 18.2 Å². The van der Waals surface area contributed by atoms with Gasteiger partial charge in [0.1, 0.15) is 6.61 Å². The quantitative estimate of drug-likeness (QED) is 0.627. The highest BCUT2D eigenvalue weighted by atomic mass is 16.6. The van der Waals surface area contributed by atoms with E-state index in [-0.39, 0.29) is 18.0 Å². The highest BCUT2D eigenvalue weighted by Gasteiger charge is 2.24. The Hall–Kier alpha value is -2.13. The summed E-state index contributed by atoms with van der Waals surface area (Å²) in [5.41, 5.74) is 5.72. The highest BCUT2D eigenvalue weighted by Crippen LogP contribution is 2.28. The third kappa shape index (κ3) is 3.66. The minimum atomic E-state index is -0.535.